The van der Waals surface area contributed by atoms with Crippen LogP contribution in [0.2, 0.25) is 0 Å². The zero-order chi connectivity index (χ0) is 37.5. The molecule has 0 aromatic heterocycles. The molecule has 0 saturated heterocycles. The molecule has 0 aliphatic rings. The van der Waals surface area contributed by atoms with Gasteiger partial charge in [0.25, 0.3) is 0 Å². The van der Waals surface area contributed by atoms with Gasteiger partial charge in [-0.2, -0.15) is 0 Å². The normalized spacial score (nSPS) is 10.9. The molecule has 0 unspecified atom stereocenters. The van der Waals surface area contributed by atoms with Gasteiger partial charge in [0.05, 0.1) is 0 Å². The molecule has 0 radical (unpaired) electrons. The lowest BCUT2D eigenvalue weighted by molar-refractivity contribution is 1.28. The Labute approximate surface area is 329 Å². The minimum atomic E-state index is 1.08. The van der Waals surface area contributed by atoms with Gasteiger partial charge in [-0.25, -0.2) is 0 Å². The van der Waals surface area contributed by atoms with Gasteiger partial charge < -0.3 is 9.80 Å². The summed E-state index contributed by atoms with van der Waals surface area (Å²) < 4.78 is 0. The Morgan fingerprint density at radius 2 is 0.500 bits per heavy atom. The van der Waals surface area contributed by atoms with Crippen LogP contribution in [0.4, 0.5) is 34.1 Å². The summed E-state index contributed by atoms with van der Waals surface area (Å²) in [6, 6.07) is 86.7. The van der Waals surface area contributed by atoms with Gasteiger partial charge in [0, 0.05) is 34.1 Å². The molecule has 0 spiro atoms. The van der Waals surface area contributed by atoms with Crippen LogP contribution in [0.5, 0.6) is 0 Å². The summed E-state index contributed by atoms with van der Waals surface area (Å²) in [7, 11) is 0. The van der Waals surface area contributed by atoms with Crippen molar-refractivity contribution >= 4 is 34.1 Å². The van der Waals surface area contributed by atoms with Crippen LogP contribution in [-0.2, 0) is 0 Å². The van der Waals surface area contributed by atoms with Crippen molar-refractivity contribution in [3.05, 3.63) is 243 Å². The van der Waals surface area contributed by atoms with Gasteiger partial charge in [0.15, 0.2) is 0 Å². The van der Waals surface area contributed by atoms with Crippen molar-refractivity contribution in [3.8, 4) is 44.5 Å². The number of anilines is 6. The molecule has 0 heterocycles. The third kappa shape index (κ3) is 7.24. The number of para-hydroxylation sites is 2. The molecule has 0 N–H and O–H groups in total. The molecule has 2 nitrogen and oxygen atoms in total. The largest absolute Gasteiger partial charge is 0.310 e. The van der Waals surface area contributed by atoms with Crippen molar-refractivity contribution in [1.82, 2.24) is 0 Å². The van der Waals surface area contributed by atoms with E-state index in [-0.39, 0.29) is 0 Å². The zero-order valence-corrected chi connectivity index (χ0v) is 31.0. The molecule has 0 fully saturated rings. The maximum Gasteiger partial charge on any atom is 0.0468 e. The van der Waals surface area contributed by atoms with E-state index < -0.39 is 0 Å². The Hall–Kier alpha value is -7.42. The average molecular weight is 717 g/mol. The second-order valence-corrected chi connectivity index (χ2v) is 13.8. The average Bonchev–Trinajstić information content (AvgIpc) is 3.28. The Morgan fingerprint density at radius 3 is 0.946 bits per heavy atom. The van der Waals surface area contributed by atoms with Gasteiger partial charge in [0.1, 0.15) is 0 Å². The molecule has 0 aliphatic carbocycles. The van der Waals surface area contributed by atoms with Crippen LogP contribution in [-0.4, -0.2) is 0 Å². The summed E-state index contributed by atoms with van der Waals surface area (Å²) >= 11 is 0. The highest BCUT2D eigenvalue weighted by Crippen LogP contribution is 2.43. The summed E-state index contributed by atoms with van der Waals surface area (Å²) in [5.74, 6) is 0. The van der Waals surface area contributed by atoms with E-state index in [0.717, 1.165) is 45.3 Å². The topological polar surface area (TPSA) is 6.48 Å². The van der Waals surface area contributed by atoms with Crippen molar-refractivity contribution in [3.63, 3.8) is 0 Å². The first-order valence-corrected chi connectivity index (χ1v) is 19.1. The molecule has 9 rings (SSSR count). The summed E-state index contributed by atoms with van der Waals surface area (Å²) in [4.78, 5) is 4.72. The first kappa shape index (κ1) is 34.4. The second kappa shape index (κ2) is 15.9. The van der Waals surface area contributed by atoms with Crippen LogP contribution in [0, 0.1) is 0 Å². The highest BCUT2D eigenvalue weighted by atomic mass is 15.1. The van der Waals surface area contributed by atoms with E-state index in [1.807, 2.05) is 0 Å². The molecular weight excluding hydrogens is 677 g/mol. The Morgan fingerprint density at radius 1 is 0.179 bits per heavy atom. The predicted molar refractivity (Wildman–Crippen MR) is 238 cm³/mol. The van der Waals surface area contributed by atoms with E-state index in [1.165, 1.54) is 33.4 Å². The molecule has 9 aromatic carbocycles. The van der Waals surface area contributed by atoms with Crippen LogP contribution in [0.25, 0.3) is 44.5 Å². The second-order valence-electron chi connectivity index (χ2n) is 13.8. The monoisotopic (exact) mass is 716 g/mol. The lowest BCUT2D eigenvalue weighted by Gasteiger charge is -2.28. The third-order valence-corrected chi connectivity index (χ3v) is 10.2. The summed E-state index contributed by atoms with van der Waals surface area (Å²) in [6.45, 7) is 0. The molecular formula is C54H40N2. The molecule has 0 saturated carbocycles. The van der Waals surface area contributed by atoms with Gasteiger partial charge in [-0.1, -0.05) is 170 Å². The van der Waals surface area contributed by atoms with E-state index >= 15 is 0 Å². The van der Waals surface area contributed by atoms with E-state index in [9.17, 15) is 0 Å². The number of nitrogens with zero attached hydrogens (tertiary/aromatic N) is 2. The smallest absolute Gasteiger partial charge is 0.0468 e. The highest BCUT2D eigenvalue weighted by molar-refractivity contribution is 5.91. The van der Waals surface area contributed by atoms with Crippen LogP contribution < -0.4 is 9.80 Å². The Bertz CT molecular complexity index is 2680. The van der Waals surface area contributed by atoms with Crippen molar-refractivity contribution in [2.24, 2.45) is 0 Å². The quantitative estimate of drug-likeness (QED) is 0.139. The van der Waals surface area contributed by atoms with Gasteiger partial charge in [-0.05, 0) is 117 Å². The minimum absolute atomic E-state index is 1.08. The van der Waals surface area contributed by atoms with Crippen molar-refractivity contribution in [1.29, 1.82) is 0 Å². The van der Waals surface area contributed by atoms with Crippen molar-refractivity contribution < 1.29 is 0 Å². The zero-order valence-electron chi connectivity index (χ0n) is 31.0. The van der Waals surface area contributed by atoms with Crippen LogP contribution in [0.3, 0.4) is 0 Å². The molecule has 0 atom stereocenters. The maximum atomic E-state index is 2.36. The van der Waals surface area contributed by atoms with E-state index in [2.05, 4.69) is 252 Å². The highest BCUT2D eigenvalue weighted by Gasteiger charge is 2.19. The fourth-order valence-electron chi connectivity index (χ4n) is 7.55. The minimum Gasteiger partial charge on any atom is -0.310 e. The summed E-state index contributed by atoms with van der Waals surface area (Å²) in [5, 5.41) is 0. The third-order valence-electron chi connectivity index (χ3n) is 10.2. The fraction of sp³-hybridized carbons (Fsp3) is 0. The summed E-state index contributed by atoms with van der Waals surface area (Å²) in [6.07, 6.45) is 0. The number of hydrogen-bond donors (Lipinski definition) is 0. The lowest BCUT2D eigenvalue weighted by atomic mass is 9.93. The van der Waals surface area contributed by atoms with Crippen molar-refractivity contribution in [2.75, 3.05) is 9.80 Å². The Kier molecular flexibility index (Phi) is 9.75. The molecule has 0 aliphatic heterocycles. The number of hydrogen-bond acceptors (Lipinski definition) is 2. The Balaban J connectivity index is 1.21. The van der Waals surface area contributed by atoms with Gasteiger partial charge in [-0.3, -0.25) is 0 Å². The summed E-state index contributed by atoms with van der Waals surface area (Å²) in [5.41, 5.74) is 15.9. The molecule has 266 valence electrons. The first-order chi connectivity index (χ1) is 27.8. The van der Waals surface area contributed by atoms with Gasteiger partial charge in [0.2, 0.25) is 0 Å². The van der Waals surface area contributed by atoms with Crippen LogP contribution >= 0.6 is 0 Å². The molecule has 9 aromatic rings. The van der Waals surface area contributed by atoms with E-state index in [4.69, 9.17) is 0 Å². The first-order valence-electron chi connectivity index (χ1n) is 19.1. The van der Waals surface area contributed by atoms with E-state index in [1.54, 1.807) is 0 Å². The molecule has 0 amide bonds. The lowest BCUT2D eigenvalue weighted by Crippen LogP contribution is -2.11. The molecule has 0 bridgehead atoms. The van der Waals surface area contributed by atoms with Crippen LogP contribution in [0.15, 0.2) is 243 Å². The fourth-order valence-corrected chi connectivity index (χ4v) is 7.55. The molecule has 2 heteroatoms. The standard InChI is InChI=1S/C54H40N2/c1-6-19-41(20-7-1)44-25-16-32-49(37-44)55(47-28-12-4-13-29-47)51-34-18-27-46(39-51)54-40-52(35-36-53(54)43-23-10-3-11-24-43)56(48-30-14-5-15-31-48)50-33-17-26-45(38-50)42-21-8-2-9-22-42/h1-40H. The van der Waals surface area contributed by atoms with Gasteiger partial charge in [-0.15, -0.1) is 0 Å². The SMILES string of the molecule is c1ccc(-c2cccc(N(c3ccccc3)c3cccc(-c4cc(N(c5ccccc5)c5cccc(-c6ccccc6)c5)ccc4-c4ccccc4)c3)c2)cc1. The molecule has 56 heavy (non-hydrogen) atoms. The van der Waals surface area contributed by atoms with E-state index in [0.29, 0.717) is 0 Å². The van der Waals surface area contributed by atoms with Crippen molar-refractivity contribution in [2.45, 2.75) is 0 Å². The maximum absolute atomic E-state index is 2.36. The van der Waals surface area contributed by atoms with Crippen LogP contribution in [0.1, 0.15) is 0 Å². The van der Waals surface area contributed by atoms with Gasteiger partial charge >= 0.3 is 0 Å². The number of benzene rings is 9. The predicted octanol–water partition coefficient (Wildman–Crippen LogP) is 15.3. The number of rotatable bonds is 10.